The molecule has 1 fully saturated rings. The summed E-state index contributed by atoms with van der Waals surface area (Å²) < 4.78 is 38.5. The fourth-order valence-electron chi connectivity index (χ4n) is 3.56. The molecule has 3 aromatic rings. The summed E-state index contributed by atoms with van der Waals surface area (Å²) in [7, 11) is -3.72. The molecule has 2 heterocycles. The number of esters is 1. The number of nitrogens with zero attached hydrogens (tertiary/aromatic N) is 1. The monoisotopic (exact) mass is 488 g/mol. The predicted octanol–water partition coefficient (Wildman–Crippen LogP) is 3.66. The van der Waals surface area contributed by atoms with Gasteiger partial charge >= 0.3 is 5.97 Å². The minimum absolute atomic E-state index is 0.0764. The van der Waals surface area contributed by atoms with Crippen LogP contribution in [0.5, 0.6) is 0 Å². The van der Waals surface area contributed by atoms with Crippen molar-refractivity contribution in [1.29, 1.82) is 0 Å². The van der Waals surface area contributed by atoms with E-state index in [0.717, 1.165) is 10.1 Å². The molecule has 0 spiro atoms. The van der Waals surface area contributed by atoms with Crippen LogP contribution < -0.4 is 5.32 Å². The first-order chi connectivity index (χ1) is 15.8. The Balaban J connectivity index is 1.57. The van der Waals surface area contributed by atoms with Crippen LogP contribution in [0.2, 0.25) is 0 Å². The second kappa shape index (κ2) is 9.60. The van der Waals surface area contributed by atoms with Crippen LogP contribution in [-0.2, 0) is 19.5 Å². The third-order valence-electron chi connectivity index (χ3n) is 5.31. The molecule has 0 aliphatic carbocycles. The molecule has 1 amide bonds. The van der Waals surface area contributed by atoms with Crippen LogP contribution >= 0.6 is 11.3 Å². The molecule has 0 unspecified atom stereocenters. The summed E-state index contributed by atoms with van der Waals surface area (Å²) in [5, 5.41) is 3.64. The van der Waals surface area contributed by atoms with E-state index in [2.05, 4.69) is 5.32 Å². The number of aryl methyl sites for hydroxylation is 1. The third kappa shape index (κ3) is 4.93. The van der Waals surface area contributed by atoms with E-state index >= 15 is 0 Å². The molecule has 33 heavy (non-hydrogen) atoms. The summed E-state index contributed by atoms with van der Waals surface area (Å²) in [6, 6.07) is 11.6. The summed E-state index contributed by atoms with van der Waals surface area (Å²) in [5.41, 5.74) is 1.48. The number of anilines is 1. The second-order valence-corrected chi connectivity index (χ2v) is 10.6. The van der Waals surface area contributed by atoms with Crippen LogP contribution in [0, 0.1) is 6.92 Å². The average Bonchev–Trinajstić information content (AvgIpc) is 3.23. The van der Waals surface area contributed by atoms with Gasteiger partial charge in [0, 0.05) is 29.0 Å². The van der Waals surface area contributed by atoms with Gasteiger partial charge < -0.3 is 14.8 Å². The van der Waals surface area contributed by atoms with Crippen LogP contribution in [-0.4, -0.2) is 57.5 Å². The van der Waals surface area contributed by atoms with Crippen molar-refractivity contribution in [2.24, 2.45) is 0 Å². The van der Waals surface area contributed by atoms with Crippen molar-refractivity contribution in [3.05, 3.63) is 58.5 Å². The minimum atomic E-state index is -3.72. The van der Waals surface area contributed by atoms with Gasteiger partial charge in [0.25, 0.3) is 5.91 Å². The lowest BCUT2D eigenvalue weighted by molar-refractivity contribution is 0.0532. The van der Waals surface area contributed by atoms with E-state index in [1.165, 1.54) is 27.8 Å². The lowest BCUT2D eigenvalue weighted by atomic mass is 10.1. The number of carbonyl (C=O) groups is 2. The lowest BCUT2D eigenvalue weighted by Gasteiger charge is -2.26. The highest BCUT2D eigenvalue weighted by molar-refractivity contribution is 7.89. The van der Waals surface area contributed by atoms with Crippen LogP contribution in [0.3, 0.4) is 0 Å². The lowest BCUT2D eigenvalue weighted by Crippen LogP contribution is -2.40. The number of morpholine rings is 1. The fraction of sp³-hybridized carbons (Fsp3) is 0.304. The Morgan fingerprint density at radius 3 is 2.61 bits per heavy atom. The molecule has 0 saturated carbocycles. The number of sulfonamides is 1. The third-order valence-corrected chi connectivity index (χ3v) is 8.30. The number of benzene rings is 2. The topological polar surface area (TPSA) is 102 Å². The molecule has 1 aliphatic heterocycles. The van der Waals surface area contributed by atoms with Gasteiger partial charge in [-0.15, -0.1) is 11.3 Å². The minimum Gasteiger partial charge on any atom is -0.462 e. The van der Waals surface area contributed by atoms with E-state index in [1.807, 2.05) is 6.07 Å². The van der Waals surface area contributed by atoms with Gasteiger partial charge in [0.2, 0.25) is 10.0 Å². The maximum Gasteiger partial charge on any atom is 0.348 e. The fourth-order valence-corrected chi connectivity index (χ4v) is 5.94. The van der Waals surface area contributed by atoms with Crippen molar-refractivity contribution in [2.45, 2.75) is 18.7 Å². The molecule has 1 saturated heterocycles. The maximum absolute atomic E-state index is 13.0. The van der Waals surface area contributed by atoms with Crippen LogP contribution in [0.25, 0.3) is 10.1 Å². The van der Waals surface area contributed by atoms with Gasteiger partial charge in [0.1, 0.15) is 4.88 Å². The number of hydrogen-bond acceptors (Lipinski definition) is 7. The molecule has 0 radical (unpaired) electrons. The molecule has 0 atom stereocenters. The highest BCUT2D eigenvalue weighted by Crippen LogP contribution is 2.29. The van der Waals surface area contributed by atoms with E-state index in [1.54, 1.807) is 38.1 Å². The first-order valence-electron chi connectivity index (χ1n) is 10.5. The molecule has 1 aliphatic rings. The normalized spacial score (nSPS) is 14.8. The summed E-state index contributed by atoms with van der Waals surface area (Å²) in [5.74, 6) is -0.787. The highest BCUT2D eigenvalue weighted by atomic mass is 32.2. The van der Waals surface area contributed by atoms with Gasteiger partial charge in [-0.2, -0.15) is 4.31 Å². The number of thiophene rings is 1. The summed E-state index contributed by atoms with van der Waals surface area (Å²) in [6.45, 7) is 5.07. The number of ether oxygens (including phenoxy) is 2. The Labute approximate surface area is 196 Å². The quantitative estimate of drug-likeness (QED) is 0.532. The molecular weight excluding hydrogens is 464 g/mol. The zero-order chi connectivity index (χ0) is 23.6. The Morgan fingerprint density at radius 2 is 1.88 bits per heavy atom. The van der Waals surface area contributed by atoms with Crippen LogP contribution in [0.4, 0.5) is 5.69 Å². The first kappa shape index (κ1) is 23.4. The van der Waals surface area contributed by atoms with Crippen molar-refractivity contribution in [2.75, 3.05) is 38.2 Å². The van der Waals surface area contributed by atoms with Crippen molar-refractivity contribution >= 4 is 49.0 Å². The predicted molar refractivity (Wildman–Crippen MR) is 126 cm³/mol. The van der Waals surface area contributed by atoms with Gasteiger partial charge in [0.05, 0.1) is 24.7 Å². The molecule has 2 aromatic carbocycles. The largest absolute Gasteiger partial charge is 0.462 e. The van der Waals surface area contributed by atoms with Gasteiger partial charge in [0.15, 0.2) is 0 Å². The number of carbonyl (C=O) groups excluding carboxylic acids is 2. The summed E-state index contributed by atoms with van der Waals surface area (Å²) in [4.78, 5) is 25.6. The summed E-state index contributed by atoms with van der Waals surface area (Å²) >= 11 is 1.32. The number of amides is 1. The van der Waals surface area contributed by atoms with Crippen molar-refractivity contribution < 1.29 is 27.5 Å². The van der Waals surface area contributed by atoms with E-state index < -0.39 is 15.9 Å². The summed E-state index contributed by atoms with van der Waals surface area (Å²) in [6.07, 6.45) is 0. The second-order valence-electron chi connectivity index (χ2n) is 7.53. The van der Waals surface area contributed by atoms with E-state index in [-0.39, 0.29) is 29.5 Å². The molecule has 174 valence electrons. The molecule has 4 rings (SSSR count). The van der Waals surface area contributed by atoms with Crippen LogP contribution in [0.15, 0.2) is 47.4 Å². The smallest absolute Gasteiger partial charge is 0.348 e. The molecule has 8 nitrogen and oxygen atoms in total. The molecule has 1 aromatic heterocycles. The maximum atomic E-state index is 13.0. The highest BCUT2D eigenvalue weighted by Gasteiger charge is 2.27. The SMILES string of the molecule is CCOC(=O)c1cc2cc(NC(=O)c3cc(S(=O)(=O)N4CCOCC4)ccc3C)ccc2s1. The Bertz CT molecular complexity index is 1310. The van der Waals surface area contributed by atoms with E-state index in [4.69, 9.17) is 9.47 Å². The zero-order valence-electron chi connectivity index (χ0n) is 18.3. The van der Waals surface area contributed by atoms with Crippen LogP contribution in [0.1, 0.15) is 32.5 Å². The Hall–Kier alpha value is -2.79. The molecule has 10 heteroatoms. The number of rotatable bonds is 6. The van der Waals surface area contributed by atoms with E-state index in [9.17, 15) is 18.0 Å². The van der Waals surface area contributed by atoms with Gasteiger partial charge in [-0.25, -0.2) is 13.2 Å². The Kier molecular flexibility index (Phi) is 6.80. The molecule has 1 N–H and O–H groups in total. The van der Waals surface area contributed by atoms with Gasteiger partial charge in [-0.3, -0.25) is 4.79 Å². The van der Waals surface area contributed by atoms with Crippen molar-refractivity contribution in [3.63, 3.8) is 0 Å². The van der Waals surface area contributed by atoms with Crippen molar-refractivity contribution in [3.8, 4) is 0 Å². The average molecular weight is 489 g/mol. The number of fused-ring (bicyclic) bond motifs is 1. The molecule has 0 bridgehead atoms. The molecular formula is C23H24N2O6S2. The van der Waals surface area contributed by atoms with Gasteiger partial charge in [-0.1, -0.05) is 6.07 Å². The van der Waals surface area contributed by atoms with Gasteiger partial charge in [-0.05, 0) is 61.2 Å². The Morgan fingerprint density at radius 1 is 1.12 bits per heavy atom. The first-order valence-corrected chi connectivity index (χ1v) is 12.8. The van der Waals surface area contributed by atoms with Crippen molar-refractivity contribution in [1.82, 2.24) is 4.31 Å². The number of nitrogens with one attached hydrogen (secondary N) is 1. The number of hydrogen-bond donors (Lipinski definition) is 1. The zero-order valence-corrected chi connectivity index (χ0v) is 19.9. The standard InChI is InChI=1S/C23H24N2O6S2/c1-3-31-23(27)21-13-16-12-17(5-7-20(16)32-21)24-22(26)19-14-18(6-4-15(19)2)33(28,29)25-8-10-30-11-9-25/h4-7,12-14H,3,8-11H2,1-2H3,(H,24,26). The van der Waals surface area contributed by atoms with E-state index in [0.29, 0.717) is 35.9 Å².